The van der Waals surface area contributed by atoms with Crippen LogP contribution in [0, 0.1) is 11.7 Å². The maximum Gasteiger partial charge on any atom is 0.128 e. The van der Waals surface area contributed by atoms with Crippen LogP contribution in [0.3, 0.4) is 0 Å². The van der Waals surface area contributed by atoms with Gasteiger partial charge in [0.2, 0.25) is 0 Å². The number of halogens is 1. The Bertz CT molecular complexity index is 734. The van der Waals surface area contributed by atoms with E-state index in [1.807, 2.05) is 12.1 Å². The van der Waals surface area contributed by atoms with Gasteiger partial charge in [0.25, 0.3) is 0 Å². The zero-order valence-electron chi connectivity index (χ0n) is 12.7. The van der Waals surface area contributed by atoms with Crippen LogP contribution in [0.25, 0.3) is 0 Å². The van der Waals surface area contributed by atoms with E-state index in [-0.39, 0.29) is 11.9 Å². The molecule has 0 amide bonds. The molecule has 1 heterocycles. The Labute approximate surface area is 130 Å². The minimum atomic E-state index is -0.108. The van der Waals surface area contributed by atoms with Crippen LogP contribution >= 0.6 is 0 Å². The highest BCUT2D eigenvalue weighted by Gasteiger charge is 2.39. The molecule has 1 aliphatic carbocycles. The highest BCUT2D eigenvalue weighted by molar-refractivity contribution is 5.64. The van der Waals surface area contributed by atoms with E-state index in [1.165, 1.54) is 16.8 Å². The number of rotatable bonds is 2. The van der Waals surface area contributed by atoms with Gasteiger partial charge in [-0.05, 0) is 36.0 Å². The van der Waals surface area contributed by atoms with Crippen molar-refractivity contribution in [1.29, 1.82) is 0 Å². The predicted molar refractivity (Wildman–Crippen MR) is 88.6 cm³/mol. The normalized spacial score (nSPS) is 25.5. The molecule has 1 nitrogen and oxygen atoms in total. The second-order valence-electron chi connectivity index (χ2n) is 6.23. The summed E-state index contributed by atoms with van der Waals surface area (Å²) in [7, 11) is 0. The molecular weight excluding hydrogens is 273 g/mol. The average molecular weight is 293 g/mol. The lowest BCUT2D eigenvalue weighted by Gasteiger charge is -2.38. The second-order valence-corrected chi connectivity index (χ2v) is 6.23. The van der Waals surface area contributed by atoms with Crippen LogP contribution in [0.2, 0.25) is 0 Å². The number of aryl methyl sites for hydroxylation is 1. The van der Waals surface area contributed by atoms with Gasteiger partial charge in [-0.15, -0.1) is 0 Å². The van der Waals surface area contributed by atoms with Gasteiger partial charge in [-0.3, -0.25) is 0 Å². The number of allylic oxidation sites excluding steroid dienone is 2. The summed E-state index contributed by atoms with van der Waals surface area (Å²) in [4.78, 5) is 0. The molecule has 0 spiro atoms. The van der Waals surface area contributed by atoms with Crippen molar-refractivity contribution in [3.05, 3.63) is 77.1 Å². The minimum Gasteiger partial charge on any atom is -0.377 e. The van der Waals surface area contributed by atoms with Gasteiger partial charge in [0, 0.05) is 17.2 Å². The lowest BCUT2D eigenvalue weighted by Crippen LogP contribution is -2.30. The molecule has 1 aliphatic heterocycles. The first kappa shape index (κ1) is 13.6. The highest BCUT2D eigenvalue weighted by atomic mass is 19.1. The van der Waals surface area contributed by atoms with Crippen LogP contribution in [0.15, 0.2) is 54.6 Å². The fourth-order valence-electron chi connectivity index (χ4n) is 4.02. The number of hydrogen-bond donors (Lipinski definition) is 1. The van der Waals surface area contributed by atoms with Crippen molar-refractivity contribution in [3.63, 3.8) is 0 Å². The summed E-state index contributed by atoms with van der Waals surface area (Å²) in [6.45, 7) is 2.17. The number of fused-ring (bicyclic) bond motifs is 3. The largest absolute Gasteiger partial charge is 0.377 e. The van der Waals surface area contributed by atoms with Crippen molar-refractivity contribution in [2.45, 2.75) is 31.7 Å². The quantitative estimate of drug-likeness (QED) is 0.749. The van der Waals surface area contributed by atoms with Crippen LogP contribution in [-0.2, 0) is 6.42 Å². The Morgan fingerprint density at radius 1 is 1.09 bits per heavy atom. The van der Waals surface area contributed by atoms with Crippen LogP contribution in [0.4, 0.5) is 10.1 Å². The third kappa shape index (κ3) is 1.98. The lowest BCUT2D eigenvalue weighted by atomic mass is 9.76. The van der Waals surface area contributed by atoms with Crippen molar-refractivity contribution < 1.29 is 4.39 Å². The van der Waals surface area contributed by atoms with Crippen LogP contribution < -0.4 is 5.32 Å². The number of benzene rings is 2. The van der Waals surface area contributed by atoms with Gasteiger partial charge in [0.1, 0.15) is 5.82 Å². The van der Waals surface area contributed by atoms with Gasteiger partial charge in [-0.2, -0.15) is 0 Å². The Hall–Kier alpha value is -2.09. The van der Waals surface area contributed by atoms with E-state index < -0.39 is 0 Å². The fourth-order valence-corrected chi connectivity index (χ4v) is 4.02. The molecule has 0 radical (unpaired) electrons. The SMILES string of the molecule is CCc1cccc2c1N[C@H](c1ccccc1F)[C@@H]1CC=C[C@@H]21. The summed E-state index contributed by atoms with van der Waals surface area (Å²) < 4.78 is 14.3. The van der Waals surface area contributed by atoms with Gasteiger partial charge in [0.05, 0.1) is 6.04 Å². The molecule has 22 heavy (non-hydrogen) atoms. The third-order valence-corrected chi connectivity index (χ3v) is 5.10. The summed E-state index contributed by atoms with van der Waals surface area (Å²) in [5.41, 5.74) is 4.69. The van der Waals surface area contributed by atoms with E-state index in [0.29, 0.717) is 11.8 Å². The molecule has 0 bridgehead atoms. The molecule has 1 N–H and O–H groups in total. The molecular formula is C20H20FN. The molecule has 3 atom stereocenters. The van der Waals surface area contributed by atoms with E-state index in [9.17, 15) is 4.39 Å². The molecule has 0 unspecified atom stereocenters. The van der Waals surface area contributed by atoms with Crippen molar-refractivity contribution in [1.82, 2.24) is 0 Å². The summed E-state index contributed by atoms with van der Waals surface area (Å²) >= 11 is 0. The number of nitrogens with one attached hydrogen (secondary N) is 1. The summed E-state index contributed by atoms with van der Waals surface area (Å²) in [5, 5.41) is 3.67. The van der Waals surface area contributed by atoms with E-state index >= 15 is 0 Å². The Morgan fingerprint density at radius 3 is 2.73 bits per heavy atom. The number of para-hydroxylation sites is 1. The van der Waals surface area contributed by atoms with Crippen molar-refractivity contribution >= 4 is 5.69 Å². The maximum atomic E-state index is 14.3. The van der Waals surface area contributed by atoms with Gasteiger partial charge < -0.3 is 5.32 Å². The van der Waals surface area contributed by atoms with E-state index in [4.69, 9.17) is 0 Å². The predicted octanol–water partition coefficient (Wildman–Crippen LogP) is 5.21. The van der Waals surface area contributed by atoms with Gasteiger partial charge in [-0.1, -0.05) is 55.5 Å². The van der Waals surface area contributed by atoms with Crippen molar-refractivity contribution in [2.75, 3.05) is 5.32 Å². The third-order valence-electron chi connectivity index (χ3n) is 5.10. The van der Waals surface area contributed by atoms with E-state index in [1.54, 1.807) is 12.1 Å². The van der Waals surface area contributed by atoms with Crippen molar-refractivity contribution in [2.24, 2.45) is 5.92 Å². The summed E-state index contributed by atoms with van der Waals surface area (Å²) in [6, 6.07) is 13.7. The van der Waals surface area contributed by atoms with Gasteiger partial charge in [-0.25, -0.2) is 4.39 Å². The molecule has 2 aromatic carbocycles. The van der Waals surface area contributed by atoms with Gasteiger partial charge in [0.15, 0.2) is 0 Å². The first-order valence-electron chi connectivity index (χ1n) is 8.09. The second kappa shape index (κ2) is 5.28. The Balaban J connectivity index is 1.85. The molecule has 112 valence electrons. The van der Waals surface area contributed by atoms with E-state index in [0.717, 1.165) is 18.4 Å². The maximum absolute atomic E-state index is 14.3. The molecule has 2 aromatic rings. The zero-order valence-corrected chi connectivity index (χ0v) is 12.7. The Morgan fingerprint density at radius 2 is 1.91 bits per heavy atom. The molecule has 4 rings (SSSR count). The Kier molecular flexibility index (Phi) is 3.25. The topological polar surface area (TPSA) is 12.0 Å². The standard InChI is InChI=1S/C20H20FN/c1-2-13-7-5-10-15-14-9-6-11-16(14)20(22-19(13)15)17-8-3-4-12-18(17)21/h3-10,12,14,16,20,22H,2,11H2,1H3/t14-,16+,20-/m0/s1. The molecule has 0 fully saturated rings. The summed E-state index contributed by atoms with van der Waals surface area (Å²) in [5.74, 6) is 0.687. The van der Waals surface area contributed by atoms with Crippen molar-refractivity contribution in [3.8, 4) is 0 Å². The highest BCUT2D eigenvalue weighted by Crippen LogP contribution is 2.50. The number of anilines is 1. The first-order valence-corrected chi connectivity index (χ1v) is 8.09. The van der Waals surface area contributed by atoms with E-state index in [2.05, 4.69) is 42.6 Å². The fraction of sp³-hybridized carbons (Fsp3) is 0.300. The first-order chi connectivity index (χ1) is 10.8. The smallest absolute Gasteiger partial charge is 0.128 e. The molecule has 0 aromatic heterocycles. The van der Waals surface area contributed by atoms with Crippen LogP contribution in [0.1, 0.15) is 42.0 Å². The lowest BCUT2D eigenvalue weighted by molar-refractivity contribution is 0.412. The van der Waals surface area contributed by atoms with Gasteiger partial charge >= 0.3 is 0 Å². The molecule has 2 aliphatic rings. The summed E-state index contributed by atoms with van der Waals surface area (Å²) in [6.07, 6.45) is 6.55. The molecule has 2 heteroatoms. The number of hydrogen-bond acceptors (Lipinski definition) is 1. The average Bonchev–Trinajstić information content (AvgIpc) is 3.04. The van der Waals surface area contributed by atoms with Crippen LogP contribution in [-0.4, -0.2) is 0 Å². The molecule has 0 saturated carbocycles. The molecule has 0 saturated heterocycles. The zero-order chi connectivity index (χ0) is 15.1. The minimum absolute atomic E-state index is 0.0430. The monoisotopic (exact) mass is 293 g/mol. The van der Waals surface area contributed by atoms with Crippen LogP contribution in [0.5, 0.6) is 0 Å².